The predicted octanol–water partition coefficient (Wildman–Crippen LogP) is 6.19. The van der Waals surface area contributed by atoms with Gasteiger partial charge in [0.2, 0.25) is 0 Å². The summed E-state index contributed by atoms with van der Waals surface area (Å²) in [6, 6.07) is 21.4. The predicted molar refractivity (Wildman–Crippen MR) is 108 cm³/mol. The molecule has 138 valence electrons. The molecule has 3 rings (SSSR count). The van der Waals surface area contributed by atoms with Gasteiger partial charge in [-0.25, -0.2) is 0 Å². The summed E-state index contributed by atoms with van der Waals surface area (Å²) in [4.78, 5) is 12.3. The lowest BCUT2D eigenvalue weighted by atomic mass is 10.2. The molecular weight excluding hydrogens is 385 g/mol. The Morgan fingerprint density at radius 2 is 1.59 bits per heavy atom. The molecule has 0 unspecified atom stereocenters. The van der Waals surface area contributed by atoms with Crippen LogP contribution in [0.4, 0.5) is 5.69 Å². The minimum atomic E-state index is -0.732. The van der Waals surface area contributed by atoms with Crippen molar-refractivity contribution in [1.29, 1.82) is 0 Å². The van der Waals surface area contributed by atoms with Gasteiger partial charge in [0.05, 0.1) is 5.02 Å². The molecule has 0 aliphatic heterocycles. The highest BCUT2D eigenvalue weighted by Gasteiger charge is 2.16. The van der Waals surface area contributed by atoms with Crippen molar-refractivity contribution in [1.82, 2.24) is 0 Å². The van der Waals surface area contributed by atoms with E-state index in [1.165, 1.54) is 0 Å². The monoisotopic (exact) mass is 401 g/mol. The number of carbonyl (C=O) groups is 1. The SMILES string of the molecule is C[C@H](Oc1ccc(Cl)cc1Cl)C(=O)Nc1ccc(Oc2ccccc2)cc1. The summed E-state index contributed by atoms with van der Waals surface area (Å²) in [5.74, 6) is 1.53. The molecule has 27 heavy (non-hydrogen) atoms. The summed E-state index contributed by atoms with van der Waals surface area (Å²) in [6.07, 6.45) is -0.732. The molecule has 1 N–H and O–H groups in total. The van der Waals surface area contributed by atoms with Crippen LogP contribution >= 0.6 is 23.2 Å². The molecule has 0 fully saturated rings. The maximum absolute atomic E-state index is 12.3. The van der Waals surface area contributed by atoms with Crippen molar-refractivity contribution in [2.24, 2.45) is 0 Å². The Morgan fingerprint density at radius 1 is 0.926 bits per heavy atom. The Hall–Kier alpha value is -2.69. The Balaban J connectivity index is 1.58. The highest BCUT2D eigenvalue weighted by molar-refractivity contribution is 6.35. The number of nitrogens with one attached hydrogen (secondary N) is 1. The third kappa shape index (κ3) is 5.39. The fraction of sp³-hybridized carbons (Fsp3) is 0.0952. The zero-order chi connectivity index (χ0) is 19.2. The van der Waals surface area contributed by atoms with Crippen LogP contribution in [0.2, 0.25) is 10.0 Å². The molecule has 0 saturated carbocycles. The summed E-state index contributed by atoms with van der Waals surface area (Å²) in [5, 5.41) is 3.65. The average Bonchev–Trinajstić information content (AvgIpc) is 2.66. The van der Waals surface area contributed by atoms with E-state index in [4.69, 9.17) is 32.7 Å². The van der Waals surface area contributed by atoms with Crippen LogP contribution in [-0.2, 0) is 4.79 Å². The van der Waals surface area contributed by atoms with Crippen LogP contribution in [0.25, 0.3) is 0 Å². The van der Waals surface area contributed by atoms with Gasteiger partial charge in [-0.3, -0.25) is 4.79 Å². The van der Waals surface area contributed by atoms with Gasteiger partial charge in [0.1, 0.15) is 17.2 Å². The van der Waals surface area contributed by atoms with E-state index in [1.807, 2.05) is 30.3 Å². The number of halogens is 2. The van der Waals surface area contributed by atoms with Crippen molar-refractivity contribution >= 4 is 34.8 Å². The van der Waals surface area contributed by atoms with E-state index in [2.05, 4.69) is 5.32 Å². The Morgan fingerprint density at radius 3 is 2.26 bits per heavy atom. The van der Waals surface area contributed by atoms with Gasteiger partial charge in [0, 0.05) is 10.7 Å². The number of hydrogen-bond acceptors (Lipinski definition) is 3. The minimum absolute atomic E-state index is 0.294. The van der Waals surface area contributed by atoms with Crippen LogP contribution in [-0.4, -0.2) is 12.0 Å². The molecule has 6 heteroatoms. The number of carbonyl (C=O) groups excluding carboxylic acids is 1. The maximum Gasteiger partial charge on any atom is 0.265 e. The van der Waals surface area contributed by atoms with Crippen molar-refractivity contribution in [3.8, 4) is 17.2 Å². The molecule has 0 spiro atoms. The normalized spacial score (nSPS) is 11.5. The van der Waals surface area contributed by atoms with Crippen molar-refractivity contribution in [3.05, 3.63) is 82.8 Å². The van der Waals surface area contributed by atoms with Crippen LogP contribution in [0.3, 0.4) is 0 Å². The maximum atomic E-state index is 12.3. The van der Waals surface area contributed by atoms with Gasteiger partial charge < -0.3 is 14.8 Å². The molecule has 0 aromatic heterocycles. The van der Waals surface area contributed by atoms with E-state index in [0.29, 0.717) is 27.2 Å². The largest absolute Gasteiger partial charge is 0.479 e. The van der Waals surface area contributed by atoms with E-state index >= 15 is 0 Å². The molecule has 0 aliphatic rings. The van der Waals surface area contributed by atoms with Crippen molar-refractivity contribution < 1.29 is 14.3 Å². The summed E-state index contributed by atoms with van der Waals surface area (Å²) >= 11 is 11.9. The molecule has 3 aromatic rings. The van der Waals surface area contributed by atoms with Gasteiger partial charge in [0.15, 0.2) is 6.10 Å². The van der Waals surface area contributed by atoms with Gasteiger partial charge in [-0.15, -0.1) is 0 Å². The Labute approximate surface area is 167 Å². The molecule has 0 heterocycles. The van der Waals surface area contributed by atoms with Crippen LogP contribution in [0.1, 0.15) is 6.92 Å². The van der Waals surface area contributed by atoms with E-state index < -0.39 is 6.10 Å². The molecular formula is C21H17Cl2NO3. The zero-order valence-corrected chi connectivity index (χ0v) is 16.0. The van der Waals surface area contributed by atoms with Crippen molar-refractivity contribution in [2.45, 2.75) is 13.0 Å². The lowest BCUT2D eigenvalue weighted by molar-refractivity contribution is -0.122. The smallest absolute Gasteiger partial charge is 0.265 e. The number of anilines is 1. The molecule has 0 radical (unpaired) electrons. The highest BCUT2D eigenvalue weighted by atomic mass is 35.5. The Bertz CT molecular complexity index is 914. The first-order valence-corrected chi connectivity index (χ1v) is 9.02. The molecule has 0 bridgehead atoms. The van der Waals surface area contributed by atoms with Crippen LogP contribution < -0.4 is 14.8 Å². The summed E-state index contributed by atoms with van der Waals surface area (Å²) in [7, 11) is 0. The number of ether oxygens (including phenoxy) is 2. The van der Waals surface area contributed by atoms with Gasteiger partial charge in [0.25, 0.3) is 5.91 Å². The van der Waals surface area contributed by atoms with Crippen molar-refractivity contribution in [2.75, 3.05) is 5.32 Å². The first-order chi connectivity index (χ1) is 13.0. The molecule has 4 nitrogen and oxygen atoms in total. The van der Waals surface area contributed by atoms with Gasteiger partial charge in [-0.1, -0.05) is 41.4 Å². The second-order valence-corrected chi connectivity index (χ2v) is 6.61. The van der Waals surface area contributed by atoms with Crippen LogP contribution in [0.5, 0.6) is 17.2 Å². The quantitative estimate of drug-likeness (QED) is 0.535. The number of rotatable bonds is 6. The summed E-state index contributed by atoms with van der Waals surface area (Å²) < 4.78 is 11.3. The number of hydrogen-bond donors (Lipinski definition) is 1. The van der Waals surface area contributed by atoms with Gasteiger partial charge in [-0.2, -0.15) is 0 Å². The Kier molecular flexibility index (Phi) is 6.22. The second kappa shape index (κ2) is 8.80. The highest BCUT2D eigenvalue weighted by Crippen LogP contribution is 2.28. The van der Waals surface area contributed by atoms with Crippen LogP contribution in [0.15, 0.2) is 72.8 Å². The van der Waals surface area contributed by atoms with E-state index in [-0.39, 0.29) is 5.91 Å². The number of para-hydroxylation sites is 1. The third-order valence-corrected chi connectivity index (χ3v) is 4.20. The van der Waals surface area contributed by atoms with Crippen LogP contribution in [0, 0.1) is 0 Å². The number of benzene rings is 3. The first kappa shape index (κ1) is 19.1. The average molecular weight is 402 g/mol. The lowest BCUT2D eigenvalue weighted by Gasteiger charge is -2.16. The molecule has 1 atom stereocenters. The van der Waals surface area contributed by atoms with Gasteiger partial charge >= 0.3 is 0 Å². The second-order valence-electron chi connectivity index (χ2n) is 5.76. The summed E-state index contributed by atoms with van der Waals surface area (Å²) in [6.45, 7) is 1.65. The topological polar surface area (TPSA) is 47.6 Å². The van der Waals surface area contributed by atoms with E-state index in [0.717, 1.165) is 5.75 Å². The molecule has 1 amide bonds. The fourth-order valence-electron chi connectivity index (χ4n) is 2.29. The number of amides is 1. The van der Waals surface area contributed by atoms with Gasteiger partial charge in [-0.05, 0) is 61.5 Å². The zero-order valence-electron chi connectivity index (χ0n) is 14.5. The van der Waals surface area contributed by atoms with E-state index in [9.17, 15) is 4.79 Å². The van der Waals surface area contributed by atoms with E-state index in [1.54, 1.807) is 49.4 Å². The fourth-order valence-corrected chi connectivity index (χ4v) is 2.74. The minimum Gasteiger partial charge on any atom is -0.479 e. The summed E-state index contributed by atoms with van der Waals surface area (Å²) in [5.41, 5.74) is 0.637. The molecule has 0 aliphatic carbocycles. The third-order valence-electron chi connectivity index (χ3n) is 3.67. The molecule has 3 aromatic carbocycles. The standard InChI is InChI=1S/C21H17Cl2NO3/c1-14(26-20-12-7-15(22)13-19(20)23)21(25)24-16-8-10-18(11-9-16)27-17-5-3-2-4-6-17/h2-14H,1H3,(H,24,25)/t14-/m0/s1. The lowest BCUT2D eigenvalue weighted by Crippen LogP contribution is -2.30. The molecule has 0 saturated heterocycles. The first-order valence-electron chi connectivity index (χ1n) is 8.27. The van der Waals surface area contributed by atoms with Crippen molar-refractivity contribution in [3.63, 3.8) is 0 Å².